The van der Waals surface area contributed by atoms with Crippen LogP contribution in [0.2, 0.25) is 0 Å². The molecule has 0 aromatic carbocycles. The Labute approximate surface area is 132 Å². The number of likely N-dealkylation sites (tertiary alicyclic amines) is 2. The van der Waals surface area contributed by atoms with Crippen molar-refractivity contribution in [2.45, 2.75) is 51.2 Å². The molecule has 2 aliphatic heterocycles. The zero-order chi connectivity index (χ0) is 15.9. The first-order valence-electron chi connectivity index (χ1n) is 8.34. The van der Waals surface area contributed by atoms with Crippen LogP contribution in [0.15, 0.2) is 0 Å². The average molecular weight is 312 g/mol. The second-order valence-corrected chi connectivity index (χ2v) is 6.08. The molecule has 2 amide bonds. The number of hydrogen-bond donors (Lipinski definition) is 0. The van der Waals surface area contributed by atoms with Crippen molar-refractivity contribution >= 4 is 11.8 Å². The van der Waals surface area contributed by atoms with Crippen LogP contribution in [0.1, 0.15) is 39.0 Å². The molecule has 0 spiro atoms. The number of rotatable bonds is 5. The van der Waals surface area contributed by atoms with Crippen molar-refractivity contribution in [3.05, 3.63) is 0 Å². The van der Waals surface area contributed by atoms with E-state index in [-0.39, 0.29) is 30.6 Å². The van der Waals surface area contributed by atoms with E-state index in [1.165, 1.54) is 0 Å². The van der Waals surface area contributed by atoms with Crippen LogP contribution in [0.4, 0.5) is 0 Å². The lowest BCUT2D eigenvalue weighted by Crippen LogP contribution is -2.45. The first kappa shape index (κ1) is 17.2. The van der Waals surface area contributed by atoms with Crippen LogP contribution in [0.25, 0.3) is 0 Å². The van der Waals surface area contributed by atoms with Crippen molar-refractivity contribution in [3.8, 4) is 0 Å². The first-order chi connectivity index (χ1) is 10.6. The van der Waals surface area contributed by atoms with Gasteiger partial charge in [0.25, 0.3) is 0 Å². The molecule has 0 aliphatic carbocycles. The highest BCUT2D eigenvalue weighted by molar-refractivity contribution is 5.77. The van der Waals surface area contributed by atoms with Crippen molar-refractivity contribution < 1.29 is 19.1 Å². The molecule has 6 nitrogen and oxygen atoms in total. The normalized spacial score (nSPS) is 21.2. The molecule has 0 radical (unpaired) electrons. The maximum atomic E-state index is 11.7. The van der Waals surface area contributed by atoms with Gasteiger partial charge >= 0.3 is 0 Å². The van der Waals surface area contributed by atoms with Crippen molar-refractivity contribution in [1.29, 1.82) is 0 Å². The van der Waals surface area contributed by atoms with Crippen LogP contribution in [-0.4, -0.2) is 73.7 Å². The van der Waals surface area contributed by atoms with E-state index < -0.39 is 0 Å². The summed E-state index contributed by atoms with van der Waals surface area (Å²) in [7, 11) is 1.55. The molecule has 2 saturated heterocycles. The quantitative estimate of drug-likeness (QED) is 0.761. The number of hydrogen-bond acceptors (Lipinski definition) is 4. The second kappa shape index (κ2) is 8.48. The van der Waals surface area contributed by atoms with Crippen molar-refractivity contribution in [1.82, 2.24) is 9.80 Å². The number of carbonyl (C=O) groups excluding carboxylic acids is 2. The van der Waals surface area contributed by atoms with Crippen LogP contribution < -0.4 is 0 Å². The molecule has 2 aliphatic rings. The SMILES string of the molecule is CCC(=O)N1CCC(OC2CCN(C(=O)COC)CC2)CC1. The second-order valence-electron chi connectivity index (χ2n) is 6.08. The molecule has 0 atom stereocenters. The Bertz CT molecular complexity index is 372. The Morgan fingerprint density at radius 3 is 1.77 bits per heavy atom. The van der Waals surface area contributed by atoms with E-state index in [9.17, 15) is 9.59 Å². The Morgan fingerprint density at radius 1 is 0.909 bits per heavy atom. The van der Waals surface area contributed by atoms with Crippen molar-refractivity contribution in [2.75, 3.05) is 39.9 Å². The summed E-state index contributed by atoms with van der Waals surface area (Å²) >= 11 is 0. The van der Waals surface area contributed by atoms with Gasteiger partial charge in [-0.15, -0.1) is 0 Å². The number of methoxy groups -OCH3 is 1. The summed E-state index contributed by atoms with van der Waals surface area (Å²) in [5, 5.41) is 0. The largest absolute Gasteiger partial charge is 0.375 e. The number of carbonyl (C=O) groups is 2. The van der Waals surface area contributed by atoms with Gasteiger partial charge < -0.3 is 19.3 Å². The molecule has 0 unspecified atom stereocenters. The number of piperidine rings is 2. The molecule has 0 bridgehead atoms. The molecule has 2 rings (SSSR count). The van der Waals surface area contributed by atoms with Crippen LogP contribution >= 0.6 is 0 Å². The van der Waals surface area contributed by atoms with Gasteiger partial charge in [-0.25, -0.2) is 0 Å². The molecule has 0 aromatic heterocycles. The molecule has 6 heteroatoms. The topological polar surface area (TPSA) is 59.1 Å². The summed E-state index contributed by atoms with van der Waals surface area (Å²) in [6.07, 6.45) is 4.72. The summed E-state index contributed by atoms with van der Waals surface area (Å²) in [4.78, 5) is 27.2. The predicted octanol–water partition coefficient (Wildman–Crippen LogP) is 1.04. The van der Waals surface area contributed by atoms with Gasteiger partial charge in [-0.3, -0.25) is 9.59 Å². The molecular formula is C16H28N2O4. The minimum absolute atomic E-state index is 0.0623. The molecule has 0 N–H and O–H groups in total. The predicted molar refractivity (Wildman–Crippen MR) is 82.5 cm³/mol. The highest BCUT2D eigenvalue weighted by Gasteiger charge is 2.28. The molecule has 2 heterocycles. The minimum atomic E-state index is 0.0623. The van der Waals surface area contributed by atoms with E-state index in [4.69, 9.17) is 9.47 Å². The number of nitrogens with zero attached hydrogens (tertiary/aromatic N) is 2. The molecule has 0 saturated carbocycles. The van der Waals surface area contributed by atoms with Gasteiger partial charge in [-0.1, -0.05) is 6.92 Å². The third-order valence-electron chi connectivity index (χ3n) is 4.54. The Morgan fingerprint density at radius 2 is 1.36 bits per heavy atom. The average Bonchev–Trinajstić information content (AvgIpc) is 2.55. The van der Waals surface area contributed by atoms with Crippen LogP contribution in [-0.2, 0) is 19.1 Å². The molecular weight excluding hydrogens is 284 g/mol. The molecule has 126 valence electrons. The van der Waals surface area contributed by atoms with Gasteiger partial charge in [0.15, 0.2) is 0 Å². The summed E-state index contributed by atoms with van der Waals surface area (Å²) in [6, 6.07) is 0. The Kier molecular flexibility index (Phi) is 6.64. The molecule has 0 aromatic rings. The third-order valence-corrected chi connectivity index (χ3v) is 4.54. The lowest BCUT2D eigenvalue weighted by Gasteiger charge is -2.37. The summed E-state index contributed by atoms with van der Waals surface area (Å²) in [6.45, 7) is 5.18. The van der Waals surface area contributed by atoms with E-state index >= 15 is 0 Å². The van der Waals surface area contributed by atoms with Crippen LogP contribution in [0.5, 0.6) is 0 Å². The number of amides is 2. The maximum absolute atomic E-state index is 11.7. The van der Waals surface area contributed by atoms with E-state index in [1.54, 1.807) is 7.11 Å². The Hall–Kier alpha value is -1.14. The fourth-order valence-electron chi connectivity index (χ4n) is 3.19. The first-order valence-corrected chi connectivity index (χ1v) is 8.34. The van der Waals surface area contributed by atoms with Gasteiger partial charge in [0.2, 0.25) is 11.8 Å². The monoisotopic (exact) mass is 312 g/mol. The van der Waals surface area contributed by atoms with E-state index in [0.29, 0.717) is 6.42 Å². The molecule has 2 fully saturated rings. The maximum Gasteiger partial charge on any atom is 0.248 e. The smallest absolute Gasteiger partial charge is 0.248 e. The van der Waals surface area contributed by atoms with Crippen molar-refractivity contribution in [2.24, 2.45) is 0 Å². The highest BCUT2D eigenvalue weighted by Crippen LogP contribution is 2.21. The lowest BCUT2D eigenvalue weighted by atomic mass is 10.0. The number of ether oxygens (including phenoxy) is 2. The van der Waals surface area contributed by atoms with Crippen LogP contribution in [0.3, 0.4) is 0 Å². The van der Waals surface area contributed by atoms with Gasteiger partial charge in [-0.05, 0) is 25.7 Å². The van der Waals surface area contributed by atoms with E-state index in [0.717, 1.165) is 51.9 Å². The standard InChI is InChI=1S/C16H28N2O4/c1-3-15(19)17-8-4-13(5-9-17)22-14-6-10-18(11-7-14)16(20)12-21-2/h13-14H,3-12H2,1-2H3. The van der Waals surface area contributed by atoms with Crippen molar-refractivity contribution in [3.63, 3.8) is 0 Å². The zero-order valence-corrected chi connectivity index (χ0v) is 13.8. The lowest BCUT2D eigenvalue weighted by molar-refractivity contribution is -0.139. The van der Waals surface area contributed by atoms with Gasteiger partial charge in [0.05, 0.1) is 12.2 Å². The third kappa shape index (κ3) is 4.68. The Balaban J connectivity index is 1.67. The summed E-state index contributed by atoms with van der Waals surface area (Å²) in [5.74, 6) is 0.302. The zero-order valence-electron chi connectivity index (χ0n) is 13.8. The summed E-state index contributed by atoms with van der Waals surface area (Å²) < 4.78 is 11.1. The van der Waals surface area contributed by atoms with Crippen LogP contribution in [0, 0.1) is 0 Å². The summed E-state index contributed by atoms with van der Waals surface area (Å²) in [5.41, 5.74) is 0. The fourth-order valence-corrected chi connectivity index (χ4v) is 3.19. The highest BCUT2D eigenvalue weighted by atomic mass is 16.5. The van der Waals surface area contributed by atoms with Gasteiger partial charge in [0.1, 0.15) is 6.61 Å². The molecule has 22 heavy (non-hydrogen) atoms. The van der Waals surface area contributed by atoms with Gasteiger partial charge in [0, 0.05) is 39.7 Å². The van der Waals surface area contributed by atoms with E-state index in [2.05, 4.69) is 0 Å². The minimum Gasteiger partial charge on any atom is -0.375 e. The fraction of sp³-hybridized carbons (Fsp3) is 0.875. The van der Waals surface area contributed by atoms with E-state index in [1.807, 2.05) is 16.7 Å². The van der Waals surface area contributed by atoms with Gasteiger partial charge in [-0.2, -0.15) is 0 Å².